The number of carbonyl (C=O) groups is 1. The predicted octanol–water partition coefficient (Wildman–Crippen LogP) is 3.85. The molecule has 0 aliphatic heterocycles. The predicted molar refractivity (Wildman–Crippen MR) is 115 cm³/mol. The third-order valence-electron chi connectivity index (χ3n) is 4.62. The van der Waals surface area contributed by atoms with Crippen molar-refractivity contribution in [2.45, 2.75) is 18.4 Å². The third-order valence-corrected chi connectivity index (χ3v) is 6.41. The molecule has 0 heterocycles. The van der Waals surface area contributed by atoms with Gasteiger partial charge in [-0.3, -0.25) is 9.10 Å². The van der Waals surface area contributed by atoms with Crippen LogP contribution in [0.5, 0.6) is 0 Å². The van der Waals surface area contributed by atoms with E-state index in [0.717, 1.165) is 15.4 Å². The highest BCUT2D eigenvalue weighted by Crippen LogP contribution is 2.23. The molecule has 3 rings (SSSR count). The molecule has 0 atom stereocenters. The highest BCUT2D eigenvalue weighted by Gasteiger charge is 2.28. The van der Waals surface area contributed by atoms with Crippen LogP contribution in [0.15, 0.2) is 89.8 Å². The molecular formula is C23H24N2O3S. The van der Waals surface area contributed by atoms with Gasteiger partial charge in [-0.25, -0.2) is 8.42 Å². The van der Waals surface area contributed by atoms with Gasteiger partial charge in [-0.1, -0.05) is 66.2 Å². The summed E-state index contributed by atoms with van der Waals surface area (Å²) in [6, 6.07) is 24.8. The van der Waals surface area contributed by atoms with Crippen molar-refractivity contribution < 1.29 is 13.2 Å². The summed E-state index contributed by atoms with van der Waals surface area (Å²) in [6.07, 6.45) is 0. The van der Waals surface area contributed by atoms with E-state index in [0.29, 0.717) is 12.2 Å². The zero-order valence-corrected chi connectivity index (χ0v) is 17.3. The number of anilines is 1. The van der Waals surface area contributed by atoms with Gasteiger partial charge in [0, 0.05) is 13.6 Å². The molecule has 0 bridgehead atoms. The quantitative estimate of drug-likeness (QED) is 0.597. The fourth-order valence-corrected chi connectivity index (χ4v) is 4.36. The first-order valence-corrected chi connectivity index (χ1v) is 10.7. The Bertz CT molecular complexity index is 1050. The van der Waals surface area contributed by atoms with Crippen molar-refractivity contribution in [1.82, 2.24) is 4.90 Å². The minimum atomic E-state index is -3.88. The van der Waals surface area contributed by atoms with Crippen molar-refractivity contribution in [2.75, 3.05) is 17.9 Å². The number of rotatable bonds is 7. The maximum Gasteiger partial charge on any atom is 0.264 e. The first-order valence-electron chi connectivity index (χ1n) is 9.30. The van der Waals surface area contributed by atoms with Crippen LogP contribution >= 0.6 is 0 Å². The van der Waals surface area contributed by atoms with Gasteiger partial charge in [-0.05, 0) is 36.8 Å². The van der Waals surface area contributed by atoms with Crippen molar-refractivity contribution in [3.8, 4) is 0 Å². The molecule has 3 aromatic rings. The molecule has 0 aliphatic rings. The monoisotopic (exact) mass is 408 g/mol. The van der Waals surface area contributed by atoms with E-state index in [2.05, 4.69) is 0 Å². The lowest BCUT2D eigenvalue weighted by Crippen LogP contribution is -2.41. The molecule has 5 nitrogen and oxygen atoms in total. The Morgan fingerprint density at radius 1 is 0.828 bits per heavy atom. The van der Waals surface area contributed by atoms with Crippen molar-refractivity contribution >= 4 is 21.6 Å². The zero-order valence-electron chi connectivity index (χ0n) is 16.5. The molecule has 0 unspecified atom stereocenters. The second kappa shape index (κ2) is 8.92. The van der Waals surface area contributed by atoms with Crippen LogP contribution in [0.25, 0.3) is 0 Å². The molecule has 1 amide bonds. The van der Waals surface area contributed by atoms with Crippen LogP contribution in [0.1, 0.15) is 11.1 Å². The number of aryl methyl sites for hydroxylation is 1. The summed E-state index contributed by atoms with van der Waals surface area (Å²) in [6.45, 7) is 2.14. The van der Waals surface area contributed by atoms with Crippen LogP contribution in [-0.2, 0) is 21.4 Å². The Balaban J connectivity index is 1.85. The second-order valence-electron chi connectivity index (χ2n) is 6.90. The Labute approximate surface area is 172 Å². The van der Waals surface area contributed by atoms with Crippen molar-refractivity contribution in [2.24, 2.45) is 0 Å². The summed E-state index contributed by atoms with van der Waals surface area (Å²) in [5, 5.41) is 0. The summed E-state index contributed by atoms with van der Waals surface area (Å²) in [7, 11) is -2.19. The smallest absolute Gasteiger partial charge is 0.264 e. The van der Waals surface area contributed by atoms with Crippen molar-refractivity contribution in [1.29, 1.82) is 0 Å². The SMILES string of the molecule is Cc1ccc(CN(C)C(=O)CN(c2ccccc2)S(=O)(=O)c2ccccc2)cc1. The van der Waals surface area contributed by atoms with Crippen molar-refractivity contribution in [3.63, 3.8) is 0 Å². The Hall–Kier alpha value is -3.12. The maximum atomic E-state index is 13.2. The van der Waals surface area contributed by atoms with Gasteiger partial charge in [-0.15, -0.1) is 0 Å². The van der Waals surface area contributed by atoms with E-state index < -0.39 is 10.0 Å². The molecule has 0 radical (unpaired) electrons. The van der Waals surface area contributed by atoms with E-state index in [9.17, 15) is 13.2 Å². The molecule has 29 heavy (non-hydrogen) atoms. The maximum absolute atomic E-state index is 13.2. The van der Waals surface area contributed by atoms with E-state index in [1.54, 1.807) is 54.4 Å². The minimum absolute atomic E-state index is 0.151. The van der Waals surface area contributed by atoms with Gasteiger partial charge in [-0.2, -0.15) is 0 Å². The lowest BCUT2D eigenvalue weighted by Gasteiger charge is -2.26. The molecule has 0 saturated carbocycles. The van der Waals surface area contributed by atoms with Gasteiger partial charge < -0.3 is 4.90 Å². The van der Waals surface area contributed by atoms with E-state index in [1.807, 2.05) is 37.3 Å². The first kappa shape index (κ1) is 20.6. The molecule has 0 saturated heterocycles. The van der Waals surface area contributed by atoms with Crippen LogP contribution in [0, 0.1) is 6.92 Å². The summed E-state index contributed by atoms with van der Waals surface area (Å²) in [4.78, 5) is 14.6. The molecule has 0 N–H and O–H groups in total. The van der Waals surface area contributed by atoms with Gasteiger partial charge in [0.05, 0.1) is 10.6 Å². The summed E-state index contributed by atoms with van der Waals surface area (Å²) < 4.78 is 27.6. The summed E-state index contributed by atoms with van der Waals surface area (Å²) >= 11 is 0. The number of hydrogen-bond acceptors (Lipinski definition) is 3. The van der Waals surface area contributed by atoms with Gasteiger partial charge in [0.2, 0.25) is 5.91 Å². The number of sulfonamides is 1. The normalized spacial score (nSPS) is 11.1. The Morgan fingerprint density at radius 2 is 1.38 bits per heavy atom. The molecule has 3 aromatic carbocycles. The Morgan fingerprint density at radius 3 is 1.97 bits per heavy atom. The molecule has 0 spiro atoms. The molecule has 150 valence electrons. The van der Waals surface area contributed by atoms with Crippen LogP contribution < -0.4 is 4.31 Å². The molecular weight excluding hydrogens is 384 g/mol. The number of likely N-dealkylation sites (N-methyl/N-ethyl adjacent to an activating group) is 1. The number of carbonyl (C=O) groups excluding carboxylic acids is 1. The molecule has 0 aromatic heterocycles. The number of benzene rings is 3. The molecule has 0 aliphatic carbocycles. The summed E-state index contributed by atoms with van der Waals surface area (Å²) in [5.41, 5.74) is 2.59. The highest BCUT2D eigenvalue weighted by atomic mass is 32.2. The summed E-state index contributed by atoms with van der Waals surface area (Å²) in [5.74, 6) is -0.283. The van der Waals surface area contributed by atoms with Crippen LogP contribution in [0.3, 0.4) is 0 Å². The van der Waals surface area contributed by atoms with Gasteiger partial charge in [0.15, 0.2) is 0 Å². The zero-order chi connectivity index (χ0) is 20.9. The van der Waals surface area contributed by atoms with Crippen LogP contribution in [0.2, 0.25) is 0 Å². The van der Waals surface area contributed by atoms with E-state index in [1.165, 1.54) is 12.1 Å². The number of amides is 1. The minimum Gasteiger partial charge on any atom is -0.340 e. The van der Waals surface area contributed by atoms with Crippen molar-refractivity contribution in [3.05, 3.63) is 96.1 Å². The molecule has 0 fully saturated rings. The first-order chi connectivity index (χ1) is 13.9. The Kier molecular flexibility index (Phi) is 6.34. The van der Waals surface area contributed by atoms with E-state index in [4.69, 9.17) is 0 Å². The number of hydrogen-bond donors (Lipinski definition) is 0. The lowest BCUT2D eigenvalue weighted by atomic mass is 10.1. The largest absolute Gasteiger partial charge is 0.340 e. The lowest BCUT2D eigenvalue weighted by molar-refractivity contribution is -0.128. The van der Waals surface area contributed by atoms with Crippen LogP contribution in [0.4, 0.5) is 5.69 Å². The fourth-order valence-electron chi connectivity index (χ4n) is 2.93. The topological polar surface area (TPSA) is 57.7 Å². The number of para-hydroxylation sites is 1. The highest BCUT2D eigenvalue weighted by molar-refractivity contribution is 7.92. The van der Waals surface area contributed by atoms with E-state index >= 15 is 0 Å². The average Bonchev–Trinajstić information content (AvgIpc) is 2.74. The van der Waals surface area contributed by atoms with E-state index in [-0.39, 0.29) is 17.3 Å². The number of nitrogens with zero attached hydrogens (tertiary/aromatic N) is 2. The second-order valence-corrected chi connectivity index (χ2v) is 8.76. The third kappa shape index (κ3) is 5.03. The standard InChI is InChI=1S/C23H24N2O3S/c1-19-13-15-20(16-14-19)17-24(2)23(26)18-25(21-9-5-3-6-10-21)29(27,28)22-11-7-4-8-12-22/h3-16H,17-18H2,1-2H3. The molecule has 6 heteroatoms. The van der Waals surface area contributed by atoms with Crippen LogP contribution in [-0.4, -0.2) is 32.8 Å². The van der Waals surface area contributed by atoms with Gasteiger partial charge >= 0.3 is 0 Å². The van der Waals surface area contributed by atoms with Gasteiger partial charge in [0.25, 0.3) is 10.0 Å². The average molecular weight is 409 g/mol. The van der Waals surface area contributed by atoms with Gasteiger partial charge in [0.1, 0.15) is 6.54 Å². The fraction of sp³-hybridized carbons (Fsp3) is 0.174.